The second kappa shape index (κ2) is 6.19. The number of nitrogens with one attached hydrogen (secondary N) is 1. The van der Waals surface area contributed by atoms with Crippen molar-refractivity contribution in [3.05, 3.63) is 17.5 Å². The first-order valence-electron chi connectivity index (χ1n) is 7.06. The molecule has 1 saturated carbocycles. The second-order valence-electron chi connectivity index (χ2n) is 5.40. The first kappa shape index (κ1) is 14.6. The van der Waals surface area contributed by atoms with Crippen LogP contribution < -0.4 is 5.32 Å². The van der Waals surface area contributed by atoms with Gasteiger partial charge in [-0.05, 0) is 38.1 Å². The number of rotatable bonds is 6. The van der Waals surface area contributed by atoms with Crippen molar-refractivity contribution in [1.82, 2.24) is 20.1 Å². The SMILES string of the molecule is CC(C)NC(=O)CSc1nnc(-c2cccs2)n1C1CC1. The summed E-state index contributed by atoms with van der Waals surface area (Å²) in [6, 6.07) is 4.75. The minimum Gasteiger partial charge on any atom is -0.353 e. The van der Waals surface area contributed by atoms with Gasteiger partial charge in [0.2, 0.25) is 5.91 Å². The van der Waals surface area contributed by atoms with Crippen molar-refractivity contribution in [2.75, 3.05) is 5.75 Å². The minimum absolute atomic E-state index is 0.0398. The number of nitrogens with zero attached hydrogens (tertiary/aromatic N) is 3. The summed E-state index contributed by atoms with van der Waals surface area (Å²) in [5, 5.41) is 14.4. The van der Waals surface area contributed by atoms with Gasteiger partial charge in [0, 0.05) is 12.1 Å². The molecule has 1 fully saturated rings. The Hall–Kier alpha value is -1.34. The van der Waals surface area contributed by atoms with Gasteiger partial charge in [-0.15, -0.1) is 21.5 Å². The molecule has 2 aromatic rings. The molecule has 112 valence electrons. The lowest BCUT2D eigenvalue weighted by Crippen LogP contribution is -2.31. The Bertz CT molecular complexity index is 617. The maximum absolute atomic E-state index is 11.8. The highest BCUT2D eigenvalue weighted by molar-refractivity contribution is 7.99. The standard InChI is InChI=1S/C14H18N4OS2/c1-9(2)15-12(19)8-21-14-17-16-13(11-4-3-7-20-11)18(14)10-5-6-10/h3-4,7,9-10H,5-6,8H2,1-2H3,(H,15,19). The molecule has 5 nitrogen and oxygen atoms in total. The molecule has 3 rings (SSSR count). The molecular formula is C14H18N4OS2. The lowest BCUT2D eigenvalue weighted by atomic mass is 10.4. The fourth-order valence-corrected chi connectivity index (χ4v) is 3.63. The highest BCUT2D eigenvalue weighted by Gasteiger charge is 2.30. The Morgan fingerprint density at radius 2 is 2.33 bits per heavy atom. The third kappa shape index (κ3) is 3.47. The molecule has 1 aliphatic carbocycles. The molecule has 0 aromatic carbocycles. The maximum atomic E-state index is 11.8. The Labute approximate surface area is 132 Å². The van der Waals surface area contributed by atoms with Crippen LogP contribution in [0.3, 0.4) is 0 Å². The Morgan fingerprint density at radius 1 is 1.52 bits per heavy atom. The van der Waals surface area contributed by atoms with E-state index in [1.807, 2.05) is 25.3 Å². The molecule has 0 atom stereocenters. The van der Waals surface area contributed by atoms with E-state index in [9.17, 15) is 4.79 Å². The van der Waals surface area contributed by atoms with Gasteiger partial charge in [0.05, 0.1) is 10.6 Å². The van der Waals surface area contributed by atoms with Gasteiger partial charge in [-0.3, -0.25) is 9.36 Å². The average Bonchev–Trinajstić information content (AvgIpc) is 2.98. The van der Waals surface area contributed by atoms with Crippen LogP contribution in [0.4, 0.5) is 0 Å². The number of thioether (sulfide) groups is 1. The van der Waals surface area contributed by atoms with Crippen LogP contribution in [-0.4, -0.2) is 32.5 Å². The predicted octanol–water partition coefficient (Wildman–Crippen LogP) is 2.96. The average molecular weight is 322 g/mol. The molecule has 7 heteroatoms. The topological polar surface area (TPSA) is 59.8 Å². The number of amides is 1. The minimum atomic E-state index is 0.0398. The molecule has 1 amide bonds. The Balaban J connectivity index is 1.75. The normalized spacial score (nSPS) is 14.6. The van der Waals surface area contributed by atoms with E-state index in [2.05, 4.69) is 26.1 Å². The molecule has 0 unspecified atom stereocenters. The molecule has 1 aliphatic rings. The lowest BCUT2D eigenvalue weighted by molar-refractivity contribution is -0.119. The monoisotopic (exact) mass is 322 g/mol. The number of aromatic nitrogens is 3. The zero-order valence-electron chi connectivity index (χ0n) is 12.1. The quantitative estimate of drug-likeness (QED) is 0.831. The summed E-state index contributed by atoms with van der Waals surface area (Å²) >= 11 is 3.14. The Kier molecular flexibility index (Phi) is 4.30. The van der Waals surface area contributed by atoms with E-state index < -0.39 is 0 Å². The molecule has 0 saturated heterocycles. The third-order valence-electron chi connectivity index (χ3n) is 3.10. The van der Waals surface area contributed by atoms with Crippen LogP contribution in [0.2, 0.25) is 0 Å². The van der Waals surface area contributed by atoms with Gasteiger partial charge in [-0.1, -0.05) is 17.8 Å². The van der Waals surface area contributed by atoms with Crippen molar-refractivity contribution in [3.8, 4) is 10.7 Å². The number of hydrogen-bond donors (Lipinski definition) is 1. The van der Waals surface area contributed by atoms with Gasteiger partial charge < -0.3 is 5.32 Å². The molecule has 21 heavy (non-hydrogen) atoms. The second-order valence-corrected chi connectivity index (χ2v) is 7.29. The first-order chi connectivity index (χ1) is 10.1. The number of carbonyl (C=O) groups is 1. The number of thiophene rings is 1. The van der Waals surface area contributed by atoms with Crippen molar-refractivity contribution < 1.29 is 4.79 Å². The van der Waals surface area contributed by atoms with E-state index >= 15 is 0 Å². The highest BCUT2D eigenvalue weighted by atomic mass is 32.2. The number of carbonyl (C=O) groups excluding carboxylic acids is 1. The van der Waals surface area contributed by atoms with Crippen molar-refractivity contribution in [2.24, 2.45) is 0 Å². The molecule has 2 heterocycles. The predicted molar refractivity (Wildman–Crippen MR) is 85.6 cm³/mol. The molecular weight excluding hydrogens is 304 g/mol. The lowest BCUT2D eigenvalue weighted by Gasteiger charge is -2.09. The molecule has 0 bridgehead atoms. The van der Waals surface area contributed by atoms with Gasteiger partial charge >= 0.3 is 0 Å². The van der Waals surface area contributed by atoms with Crippen LogP contribution in [0.1, 0.15) is 32.7 Å². The van der Waals surface area contributed by atoms with Crippen LogP contribution in [0.25, 0.3) is 10.7 Å². The Morgan fingerprint density at radius 3 is 2.95 bits per heavy atom. The van der Waals surface area contributed by atoms with Crippen molar-refractivity contribution in [3.63, 3.8) is 0 Å². The van der Waals surface area contributed by atoms with Gasteiger partial charge in [-0.25, -0.2) is 0 Å². The van der Waals surface area contributed by atoms with Crippen molar-refractivity contribution in [2.45, 2.75) is 43.9 Å². The zero-order chi connectivity index (χ0) is 14.8. The van der Waals surface area contributed by atoms with E-state index in [4.69, 9.17) is 0 Å². The summed E-state index contributed by atoms with van der Waals surface area (Å²) in [6.07, 6.45) is 2.34. The molecule has 2 aromatic heterocycles. The molecule has 0 aliphatic heterocycles. The molecule has 1 N–H and O–H groups in total. The van der Waals surface area contributed by atoms with E-state index in [1.165, 1.54) is 24.6 Å². The highest BCUT2D eigenvalue weighted by Crippen LogP contribution is 2.41. The largest absolute Gasteiger partial charge is 0.353 e. The van der Waals surface area contributed by atoms with Crippen LogP contribution in [0.5, 0.6) is 0 Å². The van der Waals surface area contributed by atoms with Gasteiger partial charge in [0.1, 0.15) is 0 Å². The summed E-state index contributed by atoms with van der Waals surface area (Å²) in [4.78, 5) is 12.9. The fraction of sp³-hybridized carbons (Fsp3) is 0.500. The van der Waals surface area contributed by atoms with Gasteiger partial charge in [0.25, 0.3) is 0 Å². The van der Waals surface area contributed by atoms with Crippen LogP contribution >= 0.6 is 23.1 Å². The maximum Gasteiger partial charge on any atom is 0.230 e. The summed E-state index contributed by atoms with van der Waals surface area (Å²) < 4.78 is 2.19. The van der Waals surface area contributed by atoms with Crippen LogP contribution in [-0.2, 0) is 4.79 Å². The fourth-order valence-electron chi connectivity index (χ4n) is 2.10. The van der Waals surface area contributed by atoms with Crippen LogP contribution in [0.15, 0.2) is 22.7 Å². The first-order valence-corrected chi connectivity index (χ1v) is 8.92. The van der Waals surface area contributed by atoms with Crippen molar-refractivity contribution >= 4 is 29.0 Å². The summed E-state index contributed by atoms with van der Waals surface area (Å²) in [5.41, 5.74) is 0. The third-order valence-corrected chi connectivity index (χ3v) is 4.91. The molecule has 0 spiro atoms. The number of hydrogen-bond acceptors (Lipinski definition) is 5. The summed E-state index contributed by atoms with van der Waals surface area (Å²) in [7, 11) is 0. The van der Waals surface area contributed by atoms with Gasteiger partial charge in [0.15, 0.2) is 11.0 Å². The van der Waals surface area contributed by atoms with E-state index in [-0.39, 0.29) is 11.9 Å². The van der Waals surface area contributed by atoms with E-state index in [0.29, 0.717) is 11.8 Å². The van der Waals surface area contributed by atoms with E-state index in [0.717, 1.165) is 15.9 Å². The van der Waals surface area contributed by atoms with Crippen LogP contribution in [0, 0.1) is 0 Å². The summed E-state index contributed by atoms with van der Waals surface area (Å²) in [5.74, 6) is 1.35. The molecule has 0 radical (unpaired) electrons. The van der Waals surface area contributed by atoms with Crippen molar-refractivity contribution in [1.29, 1.82) is 0 Å². The zero-order valence-corrected chi connectivity index (χ0v) is 13.7. The van der Waals surface area contributed by atoms with E-state index in [1.54, 1.807) is 11.3 Å². The summed E-state index contributed by atoms with van der Waals surface area (Å²) in [6.45, 7) is 3.92. The van der Waals surface area contributed by atoms with Gasteiger partial charge in [-0.2, -0.15) is 0 Å². The smallest absolute Gasteiger partial charge is 0.230 e.